The first-order chi connectivity index (χ1) is 10.3. The molecule has 4 nitrogen and oxygen atoms in total. The Labute approximate surface area is 126 Å². The second kappa shape index (κ2) is 6.31. The van der Waals surface area contributed by atoms with Gasteiger partial charge < -0.3 is 10.1 Å². The summed E-state index contributed by atoms with van der Waals surface area (Å²) < 4.78 is 7.58. The smallest absolute Gasteiger partial charge is 0.0736 e. The van der Waals surface area contributed by atoms with Crippen molar-refractivity contribution in [3.8, 4) is 0 Å². The minimum Gasteiger partial charge on any atom is -0.378 e. The number of nitrogens with one attached hydrogen (secondary N) is 1. The Kier molecular flexibility index (Phi) is 4.25. The fraction of sp³-hybridized carbons (Fsp3) is 0.471. The van der Waals surface area contributed by atoms with E-state index >= 15 is 0 Å². The van der Waals surface area contributed by atoms with Crippen molar-refractivity contribution >= 4 is 5.69 Å². The first kappa shape index (κ1) is 14.1. The molecular weight excluding hydrogens is 262 g/mol. The Bertz CT molecular complexity index is 606. The van der Waals surface area contributed by atoms with E-state index < -0.39 is 0 Å². The predicted octanol–water partition coefficient (Wildman–Crippen LogP) is 3.45. The van der Waals surface area contributed by atoms with E-state index in [2.05, 4.69) is 34.7 Å². The number of hydrogen-bond donors (Lipinski definition) is 1. The molecule has 0 amide bonds. The predicted molar refractivity (Wildman–Crippen MR) is 84.3 cm³/mol. The van der Waals surface area contributed by atoms with E-state index in [1.54, 1.807) is 0 Å². The van der Waals surface area contributed by atoms with E-state index in [1.807, 2.05) is 24.9 Å². The van der Waals surface area contributed by atoms with Gasteiger partial charge in [0, 0.05) is 36.2 Å². The summed E-state index contributed by atoms with van der Waals surface area (Å²) >= 11 is 0. The first-order valence-electron chi connectivity index (χ1n) is 7.72. The number of para-hydroxylation sites is 1. The molecule has 1 heterocycles. The van der Waals surface area contributed by atoms with Crippen LogP contribution in [0.1, 0.15) is 42.6 Å². The minimum atomic E-state index is 0.352. The number of aromatic nitrogens is 2. The molecule has 0 saturated heterocycles. The highest BCUT2D eigenvalue weighted by atomic mass is 16.5. The van der Waals surface area contributed by atoms with Crippen LogP contribution in [0.4, 0.5) is 5.69 Å². The lowest BCUT2D eigenvalue weighted by Crippen LogP contribution is -2.18. The number of fused-ring (bicyclic) bond motifs is 1. The van der Waals surface area contributed by atoms with E-state index in [-0.39, 0.29) is 0 Å². The molecule has 21 heavy (non-hydrogen) atoms. The molecular formula is C17H23N3O. The van der Waals surface area contributed by atoms with Gasteiger partial charge >= 0.3 is 0 Å². The summed E-state index contributed by atoms with van der Waals surface area (Å²) in [5, 5.41) is 8.11. The topological polar surface area (TPSA) is 39.1 Å². The molecule has 1 aromatic heterocycles. The summed E-state index contributed by atoms with van der Waals surface area (Å²) in [6, 6.07) is 8.76. The van der Waals surface area contributed by atoms with E-state index in [0.717, 1.165) is 19.4 Å². The molecule has 0 saturated carbocycles. The second-order valence-corrected chi connectivity index (χ2v) is 5.55. The normalized spacial score (nSPS) is 17.5. The number of hydrogen-bond acceptors (Lipinski definition) is 3. The van der Waals surface area contributed by atoms with Crippen LogP contribution in [0.25, 0.3) is 0 Å². The van der Waals surface area contributed by atoms with Crippen molar-refractivity contribution in [3.05, 3.63) is 47.3 Å². The van der Waals surface area contributed by atoms with Gasteiger partial charge in [-0.15, -0.1) is 0 Å². The fourth-order valence-electron chi connectivity index (χ4n) is 3.04. The zero-order valence-electron chi connectivity index (χ0n) is 12.8. The lowest BCUT2D eigenvalue weighted by Gasteiger charge is -2.26. The largest absolute Gasteiger partial charge is 0.378 e. The van der Waals surface area contributed by atoms with Gasteiger partial charge in [-0.25, -0.2) is 0 Å². The molecule has 4 heteroatoms. The molecule has 1 aliphatic carbocycles. The van der Waals surface area contributed by atoms with E-state index in [9.17, 15) is 0 Å². The lowest BCUT2D eigenvalue weighted by atomic mass is 9.92. The Morgan fingerprint density at radius 2 is 2.24 bits per heavy atom. The number of aryl methyl sites for hydroxylation is 1. The van der Waals surface area contributed by atoms with Crippen LogP contribution in [0.15, 0.2) is 30.5 Å². The van der Waals surface area contributed by atoms with Crippen molar-refractivity contribution in [2.45, 2.75) is 38.8 Å². The van der Waals surface area contributed by atoms with Gasteiger partial charge in [-0.1, -0.05) is 18.2 Å². The van der Waals surface area contributed by atoms with Crippen molar-refractivity contribution in [3.63, 3.8) is 0 Å². The second-order valence-electron chi connectivity index (χ2n) is 5.55. The van der Waals surface area contributed by atoms with Crippen LogP contribution >= 0.6 is 0 Å². The quantitative estimate of drug-likeness (QED) is 0.914. The third-order valence-electron chi connectivity index (χ3n) is 4.18. The summed E-state index contributed by atoms with van der Waals surface area (Å²) in [7, 11) is 2.03. The van der Waals surface area contributed by atoms with Crippen LogP contribution in [-0.2, 0) is 24.8 Å². The monoisotopic (exact) mass is 285 g/mol. The molecule has 1 atom stereocenters. The SMILES string of the molecule is CCOCc1ccccc1NC1CCCc2c1cnn2C. The zero-order valence-corrected chi connectivity index (χ0v) is 12.8. The maximum absolute atomic E-state index is 5.57. The highest BCUT2D eigenvalue weighted by Gasteiger charge is 2.23. The van der Waals surface area contributed by atoms with Crippen LogP contribution in [0, 0.1) is 0 Å². The standard InChI is InChI=1S/C17H23N3O/c1-3-21-12-13-7-4-5-8-15(13)19-16-9-6-10-17-14(16)11-18-20(17)2/h4-5,7-8,11,16,19H,3,6,9-10,12H2,1-2H3. The van der Waals surface area contributed by atoms with Crippen molar-refractivity contribution < 1.29 is 4.74 Å². The van der Waals surface area contributed by atoms with Gasteiger partial charge in [0.25, 0.3) is 0 Å². The third-order valence-corrected chi connectivity index (χ3v) is 4.18. The number of benzene rings is 1. The van der Waals surface area contributed by atoms with Gasteiger partial charge in [-0.2, -0.15) is 5.10 Å². The van der Waals surface area contributed by atoms with Gasteiger partial charge in [-0.3, -0.25) is 4.68 Å². The van der Waals surface area contributed by atoms with Crippen LogP contribution in [0.2, 0.25) is 0 Å². The van der Waals surface area contributed by atoms with Gasteiger partial charge in [0.1, 0.15) is 0 Å². The first-order valence-corrected chi connectivity index (χ1v) is 7.72. The number of nitrogens with zero attached hydrogens (tertiary/aromatic N) is 2. The molecule has 0 spiro atoms. The van der Waals surface area contributed by atoms with Gasteiger partial charge in [0.2, 0.25) is 0 Å². The number of ether oxygens (including phenoxy) is 1. The molecule has 0 radical (unpaired) electrons. The average Bonchev–Trinajstić information content (AvgIpc) is 2.89. The maximum Gasteiger partial charge on any atom is 0.0736 e. The summed E-state index contributed by atoms with van der Waals surface area (Å²) in [4.78, 5) is 0. The van der Waals surface area contributed by atoms with E-state index in [1.165, 1.54) is 28.9 Å². The van der Waals surface area contributed by atoms with Gasteiger partial charge in [0.05, 0.1) is 18.8 Å². The van der Waals surface area contributed by atoms with Crippen LogP contribution < -0.4 is 5.32 Å². The Balaban J connectivity index is 1.81. The summed E-state index contributed by atoms with van der Waals surface area (Å²) in [5.74, 6) is 0. The molecule has 1 unspecified atom stereocenters. The molecule has 0 aliphatic heterocycles. The van der Waals surface area contributed by atoms with Crippen molar-refractivity contribution in [2.24, 2.45) is 7.05 Å². The van der Waals surface area contributed by atoms with Gasteiger partial charge in [-0.05, 0) is 32.3 Å². The molecule has 112 valence electrons. The molecule has 3 rings (SSSR count). The molecule has 0 fully saturated rings. The highest BCUT2D eigenvalue weighted by Crippen LogP contribution is 2.33. The molecule has 1 aliphatic rings. The van der Waals surface area contributed by atoms with Crippen molar-refractivity contribution in [2.75, 3.05) is 11.9 Å². The third kappa shape index (κ3) is 2.95. The number of rotatable bonds is 5. The van der Waals surface area contributed by atoms with E-state index in [4.69, 9.17) is 4.74 Å². The van der Waals surface area contributed by atoms with Crippen LogP contribution in [0.5, 0.6) is 0 Å². The number of anilines is 1. The summed E-state index contributed by atoms with van der Waals surface area (Å²) in [6.07, 6.45) is 5.50. The average molecular weight is 285 g/mol. The Morgan fingerprint density at radius 3 is 3.10 bits per heavy atom. The molecule has 2 aromatic rings. The minimum absolute atomic E-state index is 0.352. The van der Waals surface area contributed by atoms with Crippen molar-refractivity contribution in [1.29, 1.82) is 0 Å². The van der Waals surface area contributed by atoms with E-state index in [0.29, 0.717) is 12.6 Å². The highest BCUT2D eigenvalue weighted by molar-refractivity contribution is 5.53. The van der Waals surface area contributed by atoms with Crippen molar-refractivity contribution in [1.82, 2.24) is 9.78 Å². The molecule has 0 bridgehead atoms. The summed E-state index contributed by atoms with van der Waals surface area (Å²) in [6.45, 7) is 3.43. The molecule has 1 aromatic carbocycles. The Hall–Kier alpha value is -1.81. The summed E-state index contributed by atoms with van der Waals surface area (Å²) in [5.41, 5.74) is 5.10. The fourth-order valence-corrected chi connectivity index (χ4v) is 3.04. The lowest BCUT2D eigenvalue weighted by molar-refractivity contribution is 0.134. The van der Waals surface area contributed by atoms with Crippen LogP contribution in [-0.4, -0.2) is 16.4 Å². The molecule has 1 N–H and O–H groups in total. The maximum atomic E-state index is 5.57. The van der Waals surface area contributed by atoms with Gasteiger partial charge in [0.15, 0.2) is 0 Å². The zero-order chi connectivity index (χ0) is 14.7. The Morgan fingerprint density at radius 1 is 1.38 bits per heavy atom. The van der Waals surface area contributed by atoms with Crippen LogP contribution in [0.3, 0.4) is 0 Å².